The summed E-state index contributed by atoms with van der Waals surface area (Å²) in [5, 5.41) is 10.4. The molecule has 1 saturated heterocycles. The lowest BCUT2D eigenvalue weighted by atomic mass is 10.4. The van der Waals surface area contributed by atoms with Crippen molar-refractivity contribution in [1.29, 1.82) is 5.26 Å². The van der Waals surface area contributed by atoms with E-state index in [1.807, 2.05) is 22.7 Å². The van der Waals surface area contributed by atoms with Crippen LogP contribution in [0.15, 0.2) is 39.1 Å². The van der Waals surface area contributed by atoms with Crippen molar-refractivity contribution in [2.24, 2.45) is 0 Å². The molecule has 1 aromatic rings. The van der Waals surface area contributed by atoms with Gasteiger partial charge >= 0.3 is 0 Å². The quantitative estimate of drug-likeness (QED) is 0.754. The molecular weight excluding hydrogens is 360 g/mol. The highest BCUT2D eigenvalue weighted by Gasteiger charge is 2.28. The Kier molecular flexibility index (Phi) is 6.09. The normalized spacial score (nSPS) is 16.9. The van der Waals surface area contributed by atoms with E-state index in [4.69, 9.17) is 11.6 Å². The Balaban J connectivity index is 2.49. The molecule has 0 atom stereocenters. The van der Waals surface area contributed by atoms with Crippen LogP contribution in [0.5, 0.6) is 0 Å². The zero-order valence-corrected chi connectivity index (χ0v) is 15.2. The van der Waals surface area contributed by atoms with Crippen LogP contribution in [0.2, 0.25) is 5.02 Å². The van der Waals surface area contributed by atoms with Crippen LogP contribution in [0.1, 0.15) is 0 Å². The van der Waals surface area contributed by atoms with Gasteiger partial charge in [0.25, 0.3) is 0 Å². The molecule has 0 spiro atoms. The van der Waals surface area contributed by atoms with Crippen molar-refractivity contribution in [3.05, 3.63) is 39.2 Å². The monoisotopic (exact) mass is 374 g/mol. The SMILES string of the molecule is CS/C(=C(/C#N)S(=O)(=O)c1ccc(Cl)cc1)N1CCSCC1. The summed E-state index contributed by atoms with van der Waals surface area (Å²) in [5.41, 5.74) is 0. The van der Waals surface area contributed by atoms with Gasteiger partial charge in [-0.25, -0.2) is 8.42 Å². The number of thioether (sulfide) groups is 2. The van der Waals surface area contributed by atoms with Crippen molar-refractivity contribution in [2.75, 3.05) is 30.9 Å². The van der Waals surface area contributed by atoms with Crippen LogP contribution in [0, 0.1) is 11.3 Å². The summed E-state index contributed by atoms with van der Waals surface area (Å²) in [4.78, 5) is 1.88. The highest BCUT2D eigenvalue weighted by Crippen LogP contribution is 2.31. The Morgan fingerprint density at radius 3 is 2.41 bits per heavy atom. The smallest absolute Gasteiger partial charge is 0.219 e. The number of hydrogen-bond acceptors (Lipinski definition) is 6. The Morgan fingerprint density at radius 1 is 1.32 bits per heavy atom. The number of nitrogens with zero attached hydrogens (tertiary/aromatic N) is 2. The highest BCUT2D eigenvalue weighted by atomic mass is 35.5. The maximum atomic E-state index is 12.7. The average molecular weight is 375 g/mol. The standard InChI is InChI=1S/C14H15ClN2O2S3/c1-20-14(17-6-8-21-9-7-17)13(10-16)22(18,19)12-4-2-11(15)3-5-12/h2-5H,6-9H2,1H3/b14-13-. The predicted molar refractivity (Wildman–Crippen MR) is 93.7 cm³/mol. The van der Waals surface area contributed by atoms with Crippen LogP contribution in [-0.2, 0) is 9.84 Å². The molecule has 22 heavy (non-hydrogen) atoms. The Labute approximate surface area is 144 Å². The van der Waals surface area contributed by atoms with Crippen LogP contribution >= 0.6 is 35.1 Å². The lowest BCUT2D eigenvalue weighted by Gasteiger charge is -2.30. The summed E-state index contributed by atoms with van der Waals surface area (Å²) in [6.45, 7) is 1.50. The molecule has 0 bridgehead atoms. The average Bonchev–Trinajstić information content (AvgIpc) is 2.53. The molecule has 4 nitrogen and oxygen atoms in total. The van der Waals surface area contributed by atoms with E-state index >= 15 is 0 Å². The molecule has 1 aliphatic heterocycles. The summed E-state index contributed by atoms with van der Waals surface area (Å²) in [5.74, 6) is 1.87. The molecule has 0 unspecified atom stereocenters. The van der Waals surface area contributed by atoms with Crippen LogP contribution in [0.25, 0.3) is 0 Å². The first-order valence-corrected chi connectivity index (χ1v) is 10.8. The molecule has 0 radical (unpaired) electrons. The van der Waals surface area contributed by atoms with E-state index in [0.717, 1.165) is 24.6 Å². The summed E-state index contributed by atoms with van der Waals surface area (Å²) in [6.07, 6.45) is 1.80. The van der Waals surface area contributed by atoms with Crippen molar-refractivity contribution in [3.8, 4) is 6.07 Å². The van der Waals surface area contributed by atoms with Crippen LogP contribution in [0.3, 0.4) is 0 Å². The molecule has 1 aliphatic rings. The van der Waals surface area contributed by atoms with E-state index < -0.39 is 9.84 Å². The molecule has 2 rings (SSSR count). The zero-order valence-electron chi connectivity index (χ0n) is 12.0. The van der Waals surface area contributed by atoms with Crippen molar-refractivity contribution in [2.45, 2.75) is 4.90 Å². The van der Waals surface area contributed by atoms with E-state index in [1.54, 1.807) is 6.26 Å². The maximum Gasteiger partial charge on any atom is 0.219 e. The summed E-state index contributed by atoms with van der Waals surface area (Å²) in [7, 11) is -3.84. The van der Waals surface area contributed by atoms with Gasteiger partial charge in [0.1, 0.15) is 11.1 Å². The summed E-state index contributed by atoms with van der Waals surface area (Å²) >= 11 is 8.93. The highest BCUT2D eigenvalue weighted by molar-refractivity contribution is 8.04. The van der Waals surface area contributed by atoms with Crippen molar-refractivity contribution < 1.29 is 8.42 Å². The number of nitriles is 1. The molecule has 118 valence electrons. The van der Waals surface area contributed by atoms with E-state index in [2.05, 4.69) is 0 Å². The van der Waals surface area contributed by atoms with Crippen LogP contribution < -0.4 is 0 Å². The van der Waals surface area contributed by atoms with Gasteiger partial charge < -0.3 is 4.90 Å². The van der Waals surface area contributed by atoms with E-state index in [9.17, 15) is 13.7 Å². The molecule has 0 amide bonds. The maximum absolute atomic E-state index is 12.7. The van der Waals surface area contributed by atoms with Gasteiger partial charge in [-0.05, 0) is 30.5 Å². The van der Waals surface area contributed by atoms with Gasteiger partial charge in [-0.2, -0.15) is 17.0 Å². The Morgan fingerprint density at radius 2 is 1.91 bits per heavy atom. The molecule has 0 N–H and O–H groups in total. The number of rotatable bonds is 4. The lowest BCUT2D eigenvalue weighted by molar-refractivity contribution is 0.406. The number of benzene rings is 1. The second-order valence-electron chi connectivity index (χ2n) is 4.51. The van der Waals surface area contributed by atoms with Gasteiger partial charge in [-0.3, -0.25) is 0 Å². The number of hydrogen-bond donors (Lipinski definition) is 0. The summed E-state index contributed by atoms with van der Waals surface area (Å²) < 4.78 is 25.5. The van der Waals surface area contributed by atoms with Crippen LogP contribution in [0.4, 0.5) is 0 Å². The largest absolute Gasteiger partial charge is 0.363 e. The number of halogens is 1. The van der Waals surface area contributed by atoms with Gasteiger partial charge in [0.05, 0.1) is 4.90 Å². The van der Waals surface area contributed by atoms with Gasteiger partial charge in [0, 0.05) is 29.6 Å². The van der Waals surface area contributed by atoms with E-state index in [-0.39, 0.29) is 9.80 Å². The molecule has 1 fully saturated rings. The zero-order chi connectivity index (χ0) is 16.2. The molecule has 0 aliphatic carbocycles. The first kappa shape index (κ1) is 17.5. The topological polar surface area (TPSA) is 61.2 Å². The first-order chi connectivity index (χ1) is 10.5. The fraction of sp³-hybridized carbons (Fsp3) is 0.357. The molecule has 1 heterocycles. The van der Waals surface area contributed by atoms with Gasteiger partial charge in [0.15, 0.2) is 4.91 Å². The Bertz CT molecular complexity index is 703. The van der Waals surface area contributed by atoms with Gasteiger partial charge in [-0.1, -0.05) is 11.6 Å². The first-order valence-electron chi connectivity index (χ1n) is 6.52. The third-order valence-corrected chi connectivity index (χ3v) is 7.07. The minimum absolute atomic E-state index is 0.0892. The van der Waals surface area contributed by atoms with Crippen molar-refractivity contribution in [3.63, 3.8) is 0 Å². The molecule has 1 aromatic carbocycles. The fourth-order valence-corrected chi connectivity index (χ4v) is 5.58. The molecule has 0 saturated carbocycles. The minimum atomic E-state index is -3.84. The van der Waals surface area contributed by atoms with Gasteiger partial charge in [-0.15, -0.1) is 11.8 Å². The van der Waals surface area contributed by atoms with Gasteiger partial charge in [0.2, 0.25) is 9.84 Å². The van der Waals surface area contributed by atoms with Crippen LogP contribution in [-0.4, -0.2) is 44.2 Å². The third kappa shape index (κ3) is 3.74. The van der Waals surface area contributed by atoms with E-state index in [0.29, 0.717) is 10.1 Å². The predicted octanol–water partition coefficient (Wildman–Crippen LogP) is 3.22. The Hall–Kier alpha value is -0.810. The van der Waals surface area contributed by atoms with Crippen molar-refractivity contribution in [1.82, 2.24) is 4.90 Å². The number of allylic oxidation sites excluding steroid dienone is 1. The summed E-state index contributed by atoms with van der Waals surface area (Å²) in [6, 6.07) is 7.78. The third-order valence-electron chi connectivity index (χ3n) is 3.18. The lowest BCUT2D eigenvalue weighted by Crippen LogP contribution is -2.32. The minimum Gasteiger partial charge on any atom is -0.363 e. The van der Waals surface area contributed by atoms with E-state index in [1.165, 1.54) is 36.0 Å². The number of sulfone groups is 1. The second kappa shape index (κ2) is 7.64. The molecular formula is C14H15ClN2O2S3. The van der Waals surface area contributed by atoms with Crippen molar-refractivity contribution >= 4 is 45.0 Å². The molecule has 0 aromatic heterocycles. The fourth-order valence-electron chi connectivity index (χ4n) is 2.09. The second-order valence-corrected chi connectivity index (χ2v) is 8.85. The molecule has 8 heteroatoms.